The Labute approximate surface area is 73.2 Å². The van der Waals surface area contributed by atoms with E-state index in [-0.39, 0.29) is 0 Å². The predicted molar refractivity (Wildman–Crippen MR) is 53.1 cm³/mol. The Morgan fingerprint density at radius 1 is 1.33 bits per heavy atom. The summed E-state index contributed by atoms with van der Waals surface area (Å²) in [6.45, 7) is 4.45. The molecule has 0 saturated carbocycles. The molecule has 12 heavy (non-hydrogen) atoms. The predicted octanol–water partition coefficient (Wildman–Crippen LogP) is 1.60. The number of fused-ring (bicyclic) bond motifs is 1. The first-order chi connectivity index (χ1) is 5.77. The molecule has 1 aromatic carbocycles. The Hall–Kier alpha value is -1.04. The fourth-order valence-electron chi connectivity index (χ4n) is 1.81. The summed E-state index contributed by atoms with van der Waals surface area (Å²) >= 11 is 0. The molecule has 1 aliphatic carbocycles. The van der Waals surface area contributed by atoms with Crippen molar-refractivity contribution >= 4 is 12.2 Å². The fourth-order valence-corrected chi connectivity index (χ4v) is 1.81. The van der Waals surface area contributed by atoms with Crippen molar-refractivity contribution in [1.29, 1.82) is 0 Å². The number of benzene rings is 1. The van der Waals surface area contributed by atoms with Crippen molar-refractivity contribution in [1.82, 2.24) is 0 Å². The Kier molecular flexibility index (Phi) is 1.76. The molecule has 0 bridgehead atoms. The van der Waals surface area contributed by atoms with E-state index in [4.69, 9.17) is 0 Å². The maximum absolute atomic E-state index is 2.36. The van der Waals surface area contributed by atoms with Crippen LogP contribution in [-0.2, 0) is 0 Å². The zero-order valence-electron chi connectivity index (χ0n) is 7.67. The minimum Gasteiger partial charge on any atom is -0.0758 e. The van der Waals surface area contributed by atoms with Gasteiger partial charge in [0.1, 0.15) is 0 Å². The molecule has 0 spiro atoms. The van der Waals surface area contributed by atoms with Gasteiger partial charge in [-0.2, -0.15) is 0 Å². The van der Waals surface area contributed by atoms with Gasteiger partial charge < -0.3 is 0 Å². The Morgan fingerprint density at radius 2 is 2.17 bits per heavy atom. The summed E-state index contributed by atoms with van der Waals surface area (Å²) in [7, 11) is 0. The number of rotatable bonds is 0. The van der Waals surface area contributed by atoms with E-state index >= 15 is 0 Å². The third-order valence-electron chi connectivity index (χ3n) is 2.52. The lowest BCUT2D eigenvalue weighted by molar-refractivity contribution is 0.799. The van der Waals surface area contributed by atoms with Gasteiger partial charge in [-0.05, 0) is 35.3 Å². The van der Waals surface area contributed by atoms with Crippen LogP contribution in [0.25, 0.3) is 12.2 Å². The van der Waals surface area contributed by atoms with E-state index in [1.807, 2.05) is 0 Å². The molecule has 0 nitrogen and oxygen atoms in total. The van der Waals surface area contributed by atoms with Crippen LogP contribution >= 0.6 is 0 Å². The normalized spacial score (nSPS) is 20.7. The van der Waals surface area contributed by atoms with Gasteiger partial charge in [0.2, 0.25) is 0 Å². The SMILES string of the molecule is Cc1cccc2c1=CCC(C)C=2. The summed E-state index contributed by atoms with van der Waals surface area (Å²) in [6, 6.07) is 6.52. The molecule has 0 heteroatoms. The first-order valence-corrected chi connectivity index (χ1v) is 4.55. The highest BCUT2D eigenvalue weighted by Gasteiger charge is 2.01. The zero-order chi connectivity index (χ0) is 8.55. The second kappa shape index (κ2) is 2.78. The molecule has 62 valence electrons. The minimum atomic E-state index is 0.708. The molecule has 1 atom stereocenters. The largest absolute Gasteiger partial charge is 0.0758 e. The third-order valence-corrected chi connectivity index (χ3v) is 2.52. The number of aryl methyl sites for hydroxylation is 1. The average Bonchev–Trinajstić information content (AvgIpc) is 2.04. The van der Waals surface area contributed by atoms with Crippen molar-refractivity contribution < 1.29 is 0 Å². The first kappa shape index (κ1) is 7.60. The standard InChI is InChI=1S/C12H14/c1-9-6-7-12-10(2)4-3-5-11(12)8-9/h3-5,7-9H,6H2,1-2H3. The molecule has 2 rings (SSSR count). The van der Waals surface area contributed by atoms with Crippen molar-refractivity contribution in [3.63, 3.8) is 0 Å². The molecule has 0 saturated heterocycles. The molecule has 0 fully saturated rings. The second-order valence-electron chi connectivity index (χ2n) is 3.66. The van der Waals surface area contributed by atoms with E-state index in [2.05, 4.69) is 44.2 Å². The Balaban J connectivity index is 2.78. The fraction of sp³-hybridized carbons (Fsp3) is 0.333. The smallest absolute Gasteiger partial charge is 0.0198 e. The van der Waals surface area contributed by atoms with E-state index in [1.54, 1.807) is 0 Å². The third kappa shape index (κ3) is 1.18. The van der Waals surface area contributed by atoms with Crippen LogP contribution in [0.5, 0.6) is 0 Å². The zero-order valence-corrected chi connectivity index (χ0v) is 7.67. The maximum Gasteiger partial charge on any atom is -0.0198 e. The molecule has 0 N–H and O–H groups in total. The second-order valence-corrected chi connectivity index (χ2v) is 3.66. The average molecular weight is 158 g/mol. The van der Waals surface area contributed by atoms with Crippen LogP contribution in [-0.4, -0.2) is 0 Å². The summed E-state index contributed by atoms with van der Waals surface area (Å²) in [5.41, 5.74) is 1.40. The van der Waals surface area contributed by atoms with Gasteiger partial charge in [-0.25, -0.2) is 0 Å². The highest BCUT2D eigenvalue weighted by molar-refractivity contribution is 5.42. The van der Waals surface area contributed by atoms with E-state index in [0.717, 1.165) is 0 Å². The first-order valence-electron chi connectivity index (χ1n) is 4.55. The summed E-state index contributed by atoms with van der Waals surface area (Å²) < 4.78 is 0. The summed E-state index contributed by atoms with van der Waals surface area (Å²) in [5, 5.41) is 2.85. The van der Waals surface area contributed by atoms with Crippen molar-refractivity contribution in [3.05, 3.63) is 34.2 Å². The molecular weight excluding hydrogens is 144 g/mol. The molecule has 0 aromatic heterocycles. The minimum absolute atomic E-state index is 0.708. The van der Waals surface area contributed by atoms with Gasteiger partial charge in [0, 0.05) is 0 Å². The lowest BCUT2D eigenvalue weighted by Gasteiger charge is -2.08. The molecule has 1 aromatic rings. The molecule has 0 aliphatic heterocycles. The van der Waals surface area contributed by atoms with Crippen LogP contribution in [0.15, 0.2) is 18.2 Å². The lowest BCUT2D eigenvalue weighted by Crippen LogP contribution is -2.30. The maximum atomic E-state index is 2.36. The van der Waals surface area contributed by atoms with Crippen LogP contribution in [0.2, 0.25) is 0 Å². The van der Waals surface area contributed by atoms with Crippen LogP contribution in [0.1, 0.15) is 18.9 Å². The van der Waals surface area contributed by atoms with Gasteiger partial charge in [0.15, 0.2) is 0 Å². The highest BCUT2D eigenvalue weighted by atomic mass is 14.1. The van der Waals surface area contributed by atoms with Crippen molar-refractivity contribution in [3.8, 4) is 0 Å². The van der Waals surface area contributed by atoms with Crippen LogP contribution < -0.4 is 10.4 Å². The van der Waals surface area contributed by atoms with Gasteiger partial charge in [-0.3, -0.25) is 0 Å². The molecule has 1 aliphatic rings. The van der Waals surface area contributed by atoms with Gasteiger partial charge in [-0.15, -0.1) is 0 Å². The molecule has 0 heterocycles. The van der Waals surface area contributed by atoms with Crippen molar-refractivity contribution in [2.24, 2.45) is 5.92 Å². The molecule has 0 radical (unpaired) electrons. The van der Waals surface area contributed by atoms with Crippen molar-refractivity contribution in [2.75, 3.05) is 0 Å². The summed E-state index contributed by atoms with van der Waals surface area (Å²) in [5.74, 6) is 0.708. The number of hydrogen-bond donors (Lipinski definition) is 0. The lowest BCUT2D eigenvalue weighted by atomic mass is 9.97. The van der Waals surface area contributed by atoms with Crippen LogP contribution in [0.3, 0.4) is 0 Å². The van der Waals surface area contributed by atoms with E-state index in [9.17, 15) is 0 Å². The molecule has 0 amide bonds. The van der Waals surface area contributed by atoms with Gasteiger partial charge in [0.25, 0.3) is 0 Å². The number of hydrogen-bond acceptors (Lipinski definition) is 0. The van der Waals surface area contributed by atoms with Gasteiger partial charge in [0.05, 0.1) is 0 Å². The summed E-state index contributed by atoms with van der Waals surface area (Å²) in [6.07, 6.45) is 5.91. The quantitative estimate of drug-likeness (QED) is 0.538. The molecular formula is C12H14. The van der Waals surface area contributed by atoms with Crippen molar-refractivity contribution in [2.45, 2.75) is 20.3 Å². The highest BCUT2D eigenvalue weighted by Crippen LogP contribution is 2.06. The van der Waals surface area contributed by atoms with E-state index in [0.29, 0.717) is 5.92 Å². The topological polar surface area (TPSA) is 0 Å². The van der Waals surface area contributed by atoms with Crippen LogP contribution in [0, 0.1) is 12.8 Å². The van der Waals surface area contributed by atoms with E-state index < -0.39 is 0 Å². The Bertz CT molecular complexity index is 399. The van der Waals surface area contributed by atoms with E-state index in [1.165, 1.54) is 22.4 Å². The molecule has 1 unspecified atom stereocenters. The van der Waals surface area contributed by atoms with Gasteiger partial charge in [-0.1, -0.05) is 37.3 Å². The van der Waals surface area contributed by atoms with Gasteiger partial charge >= 0.3 is 0 Å². The monoisotopic (exact) mass is 158 g/mol. The van der Waals surface area contributed by atoms with Crippen LogP contribution in [0.4, 0.5) is 0 Å². The Morgan fingerprint density at radius 3 is 3.00 bits per heavy atom. The summed E-state index contributed by atoms with van der Waals surface area (Å²) in [4.78, 5) is 0.